The van der Waals surface area contributed by atoms with Crippen LogP contribution in [0.5, 0.6) is 0 Å². The van der Waals surface area contributed by atoms with Crippen molar-refractivity contribution in [2.45, 2.75) is 6.04 Å². The molecule has 0 aromatic heterocycles. The standard InChI is InChI=1S/C33H25N/c1-2-22-18-19-26-28-21-27(23-12-6-3-7-13-23)30(24-14-8-4-9-15-24)31(25-16-10-5-11-17-25)32(28)33(34)29(26)20-22/h2-21,33H,1,34H2. The van der Waals surface area contributed by atoms with Gasteiger partial charge in [-0.1, -0.05) is 116 Å². The zero-order valence-corrected chi connectivity index (χ0v) is 18.9. The first-order valence-corrected chi connectivity index (χ1v) is 11.7. The Kier molecular flexibility index (Phi) is 4.98. The van der Waals surface area contributed by atoms with Crippen LogP contribution in [0.1, 0.15) is 22.7 Å². The van der Waals surface area contributed by atoms with Gasteiger partial charge in [0.1, 0.15) is 0 Å². The molecule has 34 heavy (non-hydrogen) atoms. The van der Waals surface area contributed by atoms with Crippen LogP contribution in [-0.4, -0.2) is 0 Å². The Hall–Kier alpha value is -4.20. The third kappa shape index (κ3) is 3.22. The Morgan fingerprint density at radius 1 is 0.559 bits per heavy atom. The van der Waals surface area contributed by atoms with Crippen LogP contribution in [0.15, 0.2) is 122 Å². The summed E-state index contributed by atoms with van der Waals surface area (Å²) < 4.78 is 0. The minimum absolute atomic E-state index is 0.201. The Balaban J connectivity index is 1.78. The van der Waals surface area contributed by atoms with E-state index in [1.165, 1.54) is 50.1 Å². The lowest BCUT2D eigenvalue weighted by atomic mass is 9.82. The molecular weight excluding hydrogens is 410 g/mol. The quantitative estimate of drug-likeness (QED) is 0.301. The van der Waals surface area contributed by atoms with Crippen molar-refractivity contribution in [3.63, 3.8) is 0 Å². The zero-order valence-electron chi connectivity index (χ0n) is 18.9. The van der Waals surface area contributed by atoms with E-state index in [0.717, 1.165) is 11.1 Å². The molecule has 0 fully saturated rings. The smallest absolute Gasteiger partial charge is 0.0570 e. The van der Waals surface area contributed by atoms with Crippen molar-refractivity contribution < 1.29 is 0 Å². The first kappa shape index (κ1) is 20.4. The summed E-state index contributed by atoms with van der Waals surface area (Å²) >= 11 is 0. The summed E-state index contributed by atoms with van der Waals surface area (Å²) in [6.45, 7) is 3.96. The molecule has 0 radical (unpaired) electrons. The Morgan fingerprint density at radius 3 is 1.71 bits per heavy atom. The molecule has 2 N–H and O–H groups in total. The minimum atomic E-state index is -0.201. The molecule has 0 aliphatic heterocycles. The fourth-order valence-corrected chi connectivity index (χ4v) is 5.27. The van der Waals surface area contributed by atoms with Gasteiger partial charge in [-0.25, -0.2) is 0 Å². The molecule has 5 aromatic carbocycles. The molecule has 5 aromatic rings. The van der Waals surface area contributed by atoms with Crippen molar-refractivity contribution in [3.05, 3.63) is 139 Å². The normalized spacial score (nSPS) is 13.9. The second-order valence-corrected chi connectivity index (χ2v) is 8.76. The molecule has 0 saturated carbocycles. The van der Waals surface area contributed by atoms with Gasteiger partial charge in [0, 0.05) is 0 Å². The van der Waals surface area contributed by atoms with Gasteiger partial charge in [0.2, 0.25) is 0 Å². The molecule has 1 heteroatoms. The van der Waals surface area contributed by atoms with Gasteiger partial charge in [-0.05, 0) is 73.3 Å². The fraction of sp³-hybridized carbons (Fsp3) is 0.0303. The number of fused-ring (bicyclic) bond motifs is 3. The summed E-state index contributed by atoms with van der Waals surface area (Å²) in [4.78, 5) is 0. The van der Waals surface area contributed by atoms with Gasteiger partial charge >= 0.3 is 0 Å². The predicted octanol–water partition coefficient (Wildman–Crippen LogP) is 8.36. The van der Waals surface area contributed by atoms with E-state index in [1.54, 1.807) is 0 Å². The van der Waals surface area contributed by atoms with Gasteiger partial charge in [-0.2, -0.15) is 0 Å². The largest absolute Gasteiger partial charge is 0.320 e. The van der Waals surface area contributed by atoms with E-state index in [4.69, 9.17) is 5.73 Å². The molecule has 1 nitrogen and oxygen atoms in total. The number of rotatable bonds is 4. The maximum atomic E-state index is 7.02. The third-order valence-corrected chi connectivity index (χ3v) is 6.82. The zero-order chi connectivity index (χ0) is 23.1. The van der Waals surface area contributed by atoms with E-state index in [0.29, 0.717) is 0 Å². The van der Waals surface area contributed by atoms with Crippen LogP contribution in [0.3, 0.4) is 0 Å². The monoisotopic (exact) mass is 435 g/mol. The van der Waals surface area contributed by atoms with Crippen LogP contribution in [0, 0.1) is 0 Å². The highest BCUT2D eigenvalue weighted by Crippen LogP contribution is 2.53. The van der Waals surface area contributed by atoms with Gasteiger partial charge < -0.3 is 5.73 Å². The summed E-state index contributed by atoms with van der Waals surface area (Å²) in [6.07, 6.45) is 1.89. The van der Waals surface area contributed by atoms with E-state index < -0.39 is 0 Å². The molecule has 0 spiro atoms. The SMILES string of the molecule is C=Cc1ccc2c(c1)C(N)c1c-2cc(-c2ccccc2)c(-c2ccccc2)c1-c1ccccc1. The molecule has 0 saturated heterocycles. The molecule has 1 aliphatic carbocycles. The number of hydrogen-bond acceptors (Lipinski definition) is 1. The maximum absolute atomic E-state index is 7.02. The van der Waals surface area contributed by atoms with E-state index in [-0.39, 0.29) is 6.04 Å². The molecular formula is C33H25N. The van der Waals surface area contributed by atoms with Gasteiger partial charge in [-0.3, -0.25) is 0 Å². The maximum Gasteiger partial charge on any atom is 0.0570 e. The lowest BCUT2D eigenvalue weighted by Gasteiger charge is -2.22. The van der Waals surface area contributed by atoms with Crippen LogP contribution in [0.4, 0.5) is 0 Å². The van der Waals surface area contributed by atoms with Crippen LogP contribution >= 0.6 is 0 Å². The van der Waals surface area contributed by atoms with Crippen LogP contribution < -0.4 is 5.73 Å². The average Bonchev–Trinajstić information content (AvgIpc) is 3.20. The molecule has 1 aliphatic rings. The topological polar surface area (TPSA) is 26.0 Å². The molecule has 162 valence electrons. The summed E-state index contributed by atoms with van der Waals surface area (Å²) in [5, 5.41) is 0. The lowest BCUT2D eigenvalue weighted by Crippen LogP contribution is -2.10. The van der Waals surface area contributed by atoms with Crippen molar-refractivity contribution in [1.29, 1.82) is 0 Å². The highest BCUT2D eigenvalue weighted by Gasteiger charge is 2.32. The Labute approximate surface area is 200 Å². The van der Waals surface area contributed by atoms with Crippen LogP contribution in [-0.2, 0) is 0 Å². The molecule has 0 amide bonds. The summed E-state index contributed by atoms with van der Waals surface area (Å²) in [5.74, 6) is 0. The van der Waals surface area contributed by atoms with Gasteiger partial charge in [0.05, 0.1) is 6.04 Å². The predicted molar refractivity (Wildman–Crippen MR) is 144 cm³/mol. The van der Waals surface area contributed by atoms with Crippen LogP contribution in [0.2, 0.25) is 0 Å². The fourth-order valence-electron chi connectivity index (χ4n) is 5.27. The molecule has 1 unspecified atom stereocenters. The first-order chi connectivity index (χ1) is 16.8. The van der Waals surface area contributed by atoms with Crippen LogP contribution in [0.25, 0.3) is 50.6 Å². The van der Waals surface area contributed by atoms with E-state index >= 15 is 0 Å². The third-order valence-electron chi connectivity index (χ3n) is 6.82. The molecule has 1 atom stereocenters. The van der Waals surface area contributed by atoms with Gasteiger partial charge in [0.15, 0.2) is 0 Å². The average molecular weight is 436 g/mol. The van der Waals surface area contributed by atoms with Crippen molar-refractivity contribution in [2.75, 3.05) is 0 Å². The van der Waals surface area contributed by atoms with Crippen molar-refractivity contribution in [2.24, 2.45) is 5.73 Å². The lowest BCUT2D eigenvalue weighted by molar-refractivity contribution is 0.903. The summed E-state index contributed by atoms with van der Waals surface area (Å²) in [6, 6.07) is 40.7. The van der Waals surface area contributed by atoms with Gasteiger partial charge in [0.25, 0.3) is 0 Å². The second kappa shape index (κ2) is 8.30. The second-order valence-electron chi connectivity index (χ2n) is 8.76. The van der Waals surface area contributed by atoms with E-state index in [2.05, 4.69) is 122 Å². The van der Waals surface area contributed by atoms with Gasteiger partial charge in [-0.15, -0.1) is 0 Å². The highest BCUT2D eigenvalue weighted by molar-refractivity contribution is 6.02. The summed E-state index contributed by atoms with van der Waals surface area (Å²) in [7, 11) is 0. The highest BCUT2D eigenvalue weighted by atomic mass is 14.7. The molecule has 0 heterocycles. The van der Waals surface area contributed by atoms with E-state index in [1.807, 2.05) is 6.08 Å². The van der Waals surface area contributed by atoms with Crippen molar-refractivity contribution in [1.82, 2.24) is 0 Å². The number of hydrogen-bond donors (Lipinski definition) is 1. The number of benzene rings is 5. The first-order valence-electron chi connectivity index (χ1n) is 11.7. The Bertz CT molecular complexity index is 1500. The van der Waals surface area contributed by atoms with E-state index in [9.17, 15) is 0 Å². The minimum Gasteiger partial charge on any atom is -0.320 e. The van der Waals surface area contributed by atoms with Crippen molar-refractivity contribution in [3.8, 4) is 44.5 Å². The summed E-state index contributed by atoms with van der Waals surface area (Å²) in [5.41, 5.74) is 20.1. The number of nitrogens with two attached hydrogens (primary N) is 1. The van der Waals surface area contributed by atoms with Crippen molar-refractivity contribution >= 4 is 6.08 Å². The molecule has 6 rings (SSSR count). The Morgan fingerprint density at radius 2 is 1.12 bits per heavy atom. The molecule has 0 bridgehead atoms.